The highest BCUT2D eigenvalue weighted by Gasteiger charge is 2.24. The Bertz CT molecular complexity index is 768. The van der Waals surface area contributed by atoms with Gasteiger partial charge >= 0.3 is 0 Å². The second-order valence-electron chi connectivity index (χ2n) is 6.51. The van der Waals surface area contributed by atoms with E-state index in [1.54, 1.807) is 17.7 Å². The predicted octanol–water partition coefficient (Wildman–Crippen LogP) is 3.44. The number of rotatable bonds is 5. The number of morpholine rings is 1. The molecule has 2 heterocycles. The predicted molar refractivity (Wildman–Crippen MR) is 104 cm³/mol. The molecule has 0 spiro atoms. The number of ether oxygens (including phenoxy) is 1. The van der Waals surface area contributed by atoms with Gasteiger partial charge in [0.25, 0.3) is 5.91 Å². The Kier molecular flexibility index (Phi) is 6.24. The van der Waals surface area contributed by atoms with Gasteiger partial charge in [-0.1, -0.05) is 53.0 Å². The molecule has 2 aromatic rings. The van der Waals surface area contributed by atoms with Crippen molar-refractivity contribution in [3.05, 3.63) is 57.3 Å². The molecule has 1 fully saturated rings. The highest BCUT2D eigenvalue weighted by atomic mass is 35.5. The van der Waals surface area contributed by atoms with E-state index in [2.05, 4.69) is 41.4 Å². The van der Waals surface area contributed by atoms with Gasteiger partial charge in [-0.3, -0.25) is 9.69 Å². The van der Waals surface area contributed by atoms with Gasteiger partial charge in [0.15, 0.2) is 0 Å². The molecule has 0 bridgehead atoms. The molecular formula is C19H23Cl2N3O2. The van der Waals surface area contributed by atoms with Gasteiger partial charge in [0, 0.05) is 26.7 Å². The lowest BCUT2D eigenvalue weighted by Crippen LogP contribution is -2.44. The summed E-state index contributed by atoms with van der Waals surface area (Å²) in [6.45, 7) is 5.67. The smallest absolute Gasteiger partial charge is 0.268 e. The number of aryl methyl sites for hydroxylation is 1. The summed E-state index contributed by atoms with van der Waals surface area (Å²) in [5.74, 6) is -0.188. The van der Waals surface area contributed by atoms with Crippen LogP contribution in [-0.4, -0.2) is 48.2 Å². The molecule has 7 heteroatoms. The third kappa shape index (κ3) is 4.23. The Morgan fingerprint density at radius 1 is 1.23 bits per heavy atom. The van der Waals surface area contributed by atoms with Crippen LogP contribution in [-0.2, 0) is 11.8 Å². The van der Waals surface area contributed by atoms with E-state index in [-0.39, 0.29) is 11.9 Å². The first kappa shape index (κ1) is 19.2. The topological polar surface area (TPSA) is 46.5 Å². The second-order valence-corrected chi connectivity index (χ2v) is 7.28. The third-order valence-corrected chi connectivity index (χ3v) is 5.60. The minimum Gasteiger partial charge on any atom is -0.379 e. The van der Waals surface area contributed by atoms with Gasteiger partial charge in [0.1, 0.15) is 10.8 Å². The van der Waals surface area contributed by atoms with E-state index < -0.39 is 0 Å². The maximum Gasteiger partial charge on any atom is 0.268 e. The fraction of sp³-hybridized carbons (Fsp3) is 0.421. The molecule has 1 aliphatic heterocycles. The zero-order chi connectivity index (χ0) is 18.7. The van der Waals surface area contributed by atoms with E-state index in [9.17, 15) is 4.79 Å². The summed E-state index contributed by atoms with van der Waals surface area (Å²) in [6.07, 6.45) is 0. The summed E-state index contributed by atoms with van der Waals surface area (Å²) >= 11 is 12.1. The Hall–Kier alpha value is -1.53. The van der Waals surface area contributed by atoms with Crippen LogP contribution in [0.4, 0.5) is 0 Å². The summed E-state index contributed by atoms with van der Waals surface area (Å²) in [5.41, 5.74) is 2.84. The fourth-order valence-corrected chi connectivity index (χ4v) is 3.55. The van der Waals surface area contributed by atoms with Crippen LogP contribution in [0.25, 0.3) is 0 Å². The van der Waals surface area contributed by atoms with Crippen LogP contribution in [0.5, 0.6) is 0 Å². The van der Waals surface area contributed by atoms with Crippen molar-refractivity contribution in [1.29, 1.82) is 0 Å². The molecule has 1 amide bonds. The lowest BCUT2D eigenvalue weighted by Gasteiger charge is -2.35. The van der Waals surface area contributed by atoms with Crippen LogP contribution in [0.3, 0.4) is 0 Å². The molecule has 1 N–H and O–H groups in total. The first-order valence-electron chi connectivity index (χ1n) is 8.64. The molecule has 1 aromatic heterocycles. The number of benzene rings is 1. The van der Waals surface area contributed by atoms with Gasteiger partial charge in [-0.05, 0) is 18.6 Å². The van der Waals surface area contributed by atoms with Gasteiger partial charge in [-0.15, -0.1) is 0 Å². The summed E-state index contributed by atoms with van der Waals surface area (Å²) in [6, 6.07) is 10.1. The Labute approximate surface area is 163 Å². The maximum absolute atomic E-state index is 12.6. The quantitative estimate of drug-likeness (QED) is 0.842. The van der Waals surface area contributed by atoms with Crippen molar-refractivity contribution in [2.24, 2.45) is 7.05 Å². The molecule has 26 heavy (non-hydrogen) atoms. The van der Waals surface area contributed by atoms with Gasteiger partial charge in [0.2, 0.25) is 0 Å². The van der Waals surface area contributed by atoms with Crippen LogP contribution in [0, 0.1) is 6.92 Å². The van der Waals surface area contributed by atoms with Gasteiger partial charge in [0.05, 0.1) is 24.3 Å². The number of carbonyl (C=O) groups is 1. The fourth-order valence-electron chi connectivity index (χ4n) is 3.18. The number of nitrogens with zero attached hydrogens (tertiary/aromatic N) is 2. The van der Waals surface area contributed by atoms with Crippen molar-refractivity contribution in [3.63, 3.8) is 0 Å². The first-order valence-corrected chi connectivity index (χ1v) is 9.40. The average molecular weight is 396 g/mol. The number of halogens is 2. The lowest BCUT2D eigenvalue weighted by molar-refractivity contribution is 0.0162. The van der Waals surface area contributed by atoms with E-state index in [0.717, 1.165) is 13.1 Å². The highest BCUT2D eigenvalue weighted by Crippen LogP contribution is 2.26. The highest BCUT2D eigenvalue weighted by molar-refractivity contribution is 6.41. The van der Waals surface area contributed by atoms with E-state index in [1.165, 1.54) is 11.1 Å². The van der Waals surface area contributed by atoms with Crippen LogP contribution >= 0.6 is 23.2 Å². The van der Waals surface area contributed by atoms with Crippen LogP contribution in [0.2, 0.25) is 10.2 Å². The third-order valence-electron chi connectivity index (χ3n) is 4.75. The number of carbonyl (C=O) groups excluding carboxylic acids is 1. The SMILES string of the molecule is Cc1ccc(C(CNC(=O)c2cc(Cl)c(Cl)n2C)N2CCOCC2)cc1. The van der Waals surface area contributed by atoms with Crippen molar-refractivity contribution in [2.75, 3.05) is 32.8 Å². The summed E-state index contributed by atoms with van der Waals surface area (Å²) in [4.78, 5) is 15.0. The van der Waals surface area contributed by atoms with E-state index in [1.807, 2.05) is 0 Å². The summed E-state index contributed by atoms with van der Waals surface area (Å²) in [5, 5.41) is 3.77. The zero-order valence-corrected chi connectivity index (χ0v) is 16.5. The Morgan fingerprint density at radius 2 is 1.88 bits per heavy atom. The minimum absolute atomic E-state index is 0.0923. The van der Waals surface area contributed by atoms with Gasteiger partial charge in [-0.25, -0.2) is 0 Å². The van der Waals surface area contributed by atoms with Crippen molar-refractivity contribution >= 4 is 29.1 Å². The maximum atomic E-state index is 12.6. The minimum atomic E-state index is -0.188. The molecule has 0 radical (unpaired) electrons. The molecule has 0 saturated carbocycles. The van der Waals surface area contributed by atoms with E-state index >= 15 is 0 Å². The molecule has 5 nitrogen and oxygen atoms in total. The number of nitrogens with one attached hydrogen (secondary N) is 1. The standard InChI is InChI=1S/C19H23Cl2N3O2/c1-13-3-5-14(6-4-13)17(24-7-9-26-10-8-24)12-22-19(25)16-11-15(20)18(21)23(16)2/h3-6,11,17H,7-10,12H2,1-2H3,(H,22,25). The lowest BCUT2D eigenvalue weighted by atomic mass is 10.0. The normalized spacial score (nSPS) is 16.5. The summed E-state index contributed by atoms with van der Waals surface area (Å²) < 4.78 is 7.06. The molecule has 3 rings (SSSR count). The number of hydrogen-bond acceptors (Lipinski definition) is 3. The zero-order valence-electron chi connectivity index (χ0n) is 15.0. The van der Waals surface area contributed by atoms with E-state index in [0.29, 0.717) is 35.6 Å². The average Bonchev–Trinajstić information content (AvgIpc) is 2.91. The van der Waals surface area contributed by atoms with Crippen molar-refractivity contribution in [1.82, 2.24) is 14.8 Å². The molecular weight excluding hydrogens is 373 g/mol. The van der Waals surface area contributed by atoms with Crippen LogP contribution in [0.1, 0.15) is 27.7 Å². The molecule has 1 atom stereocenters. The number of aromatic nitrogens is 1. The van der Waals surface area contributed by atoms with Crippen molar-refractivity contribution in [3.8, 4) is 0 Å². The monoisotopic (exact) mass is 395 g/mol. The molecule has 1 aromatic carbocycles. The van der Waals surface area contributed by atoms with Crippen LogP contribution < -0.4 is 5.32 Å². The number of amides is 1. The van der Waals surface area contributed by atoms with Gasteiger partial charge < -0.3 is 14.6 Å². The van der Waals surface area contributed by atoms with E-state index in [4.69, 9.17) is 27.9 Å². The largest absolute Gasteiger partial charge is 0.379 e. The Morgan fingerprint density at radius 3 is 2.46 bits per heavy atom. The van der Waals surface area contributed by atoms with Crippen LogP contribution in [0.15, 0.2) is 30.3 Å². The Balaban J connectivity index is 1.75. The van der Waals surface area contributed by atoms with Crippen molar-refractivity contribution in [2.45, 2.75) is 13.0 Å². The first-order chi connectivity index (χ1) is 12.5. The molecule has 140 valence electrons. The molecule has 1 aliphatic rings. The molecule has 0 aliphatic carbocycles. The second kappa shape index (κ2) is 8.44. The number of hydrogen-bond donors (Lipinski definition) is 1. The molecule has 1 saturated heterocycles. The van der Waals surface area contributed by atoms with Crippen molar-refractivity contribution < 1.29 is 9.53 Å². The summed E-state index contributed by atoms with van der Waals surface area (Å²) in [7, 11) is 1.72. The van der Waals surface area contributed by atoms with Gasteiger partial charge in [-0.2, -0.15) is 0 Å². The molecule has 1 unspecified atom stereocenters.